The lowest BCUT2D eigenvalue weighted by atomic mass is 10.0. The monoisotopic (exact) mass is 472 g/mol. The van der Waals surface area contributed by atoms with Crippen molar-refractivity contribution in [3.63, 3.8) is 0 Å². The van der Waals surface area contributed by atoms with Gasteiger partial charge in [0.05, 0.1) is 0 Å². The number of Topliss-reactive ketones (excluding diaryl/α,β-unsaturated/α-hetero) is 1. The number of ether oxygens (including phenoxy) is 1. The molecule has 196 valence electrons. The van der Waals surface area contributed by atoms with Crippen molar-refractivity contribution >= 4 is 5.78 Å². The fourth-order valence-electron chi connectivity index (χ4n) is 4.22. The summed E-state index contributed by atoms with van der Waals surface area (Å²) in [6.45, 7) is 8.13. The highest BCUT2D eigenvalue weighted by Gasteiger charge is 2.45. The summed E-state index contributed by atoms with van der Waals surface area (Å²) in [4.78, 5) is 12.1. The molecule has 0 radical (unpaired) electrons. The summed E-state index contributed by atoms with van der Waals surface area (Å²) in [5.74, 6) is -4.48. The molecule has 1 atom stereocenters. The molecule has 0 aliphatic heterocycles. The van der Waals surface area contributed by atoms with E-state index in [2.05, 4.69) is 20.4 Å². The van der Waals surface area contributed by atoms with Gasteiger partial charge >= 0.3 is 5.92 Å². The highest BCUT2D eigenvalue weighted by atomic mass is 19.3. The standard InChI is InChI=1S/C29H54F2O2/c1-4-7-9-11-13-14-15-16-17-18-19-20-21-23-25-27(32)29(30,31)28(6-3)33-26-24-22-12-10-8-5-2/h6,28H,3-5,7-26H2,1-2H3. The predicted octanol–water partition coefficient (Wildman–Crippen LogP) is 9.99. The number of carbonyl (C=O) groups is 1. The Labute approximate surface area is 204 Å². The third kappa shape index (κ3) is 18.3. The molecule has 0 aliphatic carbocycles. The van der Waals surface area contributed by atoms with Crippen molar-refractivity contribution in [2.45, 2.75) is 161 Å². The number of hydrogen-bond donors (Lipinski definition) is 0. The number of unbranched alkanes of at least 4 members (excludes halogenated alkanes) is 18. The molecule has 0 N–H and O–H groups in total. The molecule has 0 rings (SSSR count). The van der Waals surface area contributed by atoms with Crippen LogP contribution in [0.3, 0.4) is 0 Å². The maximum atomic E-state index is 14.5. The van der Waals surface area contributed by atoms with Crippen LogP contribution in [0.25, 0.3) is 0 Å². The van der Waals surface area contributed by atoms with Crippen molar-refractivity contribution in [2.75, 3.05) is 6.61 Å². The number of carbonyl (C=O) groups excluding carboxylic acids is 1. The molecule has 0 aliphatic rings. The van der Waals surface area contributed by atoms with Crippen LogP contribution in [0.4, 0.5) is 8.78 Å². The van der Waals surface area contributed by atoms with Crippen molar-refractivity contribution in [3.05, 3.63) is 12.7 Å². The van der Waals surface area contributed by atoms with Gasteiger partial charge in [0.25, 0.3) is 0 Å². The quantitative estimate of drug-likeness (QED) is 0.0924. The van der Waals surface area contributed by atoms with Crippen LogP contribution in [0.2, 0.25) is 0 Å². The van der Waals surface area contributed by atoms with Gasteiger partial charge in [-0.3, -0.25) is 4.79 Å². The molecule has 0 aromatic heterocycles. The first-order chi connectivity index (χ1) is 16.0. The Morgan fingerprint density at radius 3 is 1.45 bits per heavy atom. The van der Waals surface area contributed by atoms with Crippen molar-refractivity contribution < 1.29 is 18.3 Å². The van der Waals surface area contributed by atoms with Crippen LogP contribution in [0.1, 0.15) is 149 Å². The summed E-state index contributed by atoms with van der Waals surface area (Å²) in [6.07, 6.45) is 22.7. The van der Waals surface area contributed by atoms with E-state index in [1.807, 2.05) is 0 Å². The highest BCUT2D eigenvalue weighted by Crippen LogP contribution is 2.26. The predicted molar refractivity (Wildman–Crippen MR) is 138 cm³/mol. The maximum Gasteiger partial charge on any atom is 0.334 e. The van der Waals surface area contributed by atoms with Gasteiger partial charge in [-0.2, -0.15) is 8.78 Å². The summed E-state index contributed by atoms with van der Waals surface area (Å²) >= 11 is 0. The topological polar surface area (TPSA) is 26.3 Å². The van der Waals surface area contributed by atoms with Gasteiger partial charge in [-0.05, 0) is 12.8 Å². The van der Waals surface area contributed by atoms with E-state index in [1.54, 1.807) is 0 Å². The zero-order chi connectivity index (χ0) is 24.6. The molecule has 0 heterocycles. The minimum absolute atomic E-state index is 0.0737. The van der Waals surface area contributed by atoms with Gasteiger partial charge in [0.15, 0.2) is 0 Å². The second-order valence-electron chi connectivity index (χ2n) is 9.69. The average Bonchev–Trinajstić information content (AvgIpc) is 2.80. The average molecular weight is 473 g/mol. The fourth-order valence-corrected chi connectivity index (χ4v) is 4.22. The number of alkyl halides is 2. The van der Waals surface area contributed by atoms with Gasteiger partial charge in [-0.15, -0.1) is 6.58 Å². The van der Waals surface area contributed by atoms with E-state index in [1.165, 1.54) is 83.5 Å². The van der Waals surface area contributed by atoms with Crippen LogP contribution >= 0.6 is 0 Å². The van der Waals surface area contributed by atoms with Crippen LogP contribution in [-0.2, 0) is 9.53 Å². The molecule has 1 unspecified atom stereocenters. The second kappa shape index (κ2) is 23.0. The summed E-state index contributed by atoms with van der Waals surface area (Å²) in [5, 5.41) is 0. The molecule has 0 aromatic carbocycles. The Bertz CT molecular complexity index is 451. The van der Waals surface area contributed by atoms with E-state index < -0.39 is 17.8 Å². The first-order valence-corrected chi connectivity index (χ1v) is 14.2. The van der Waals surface area contributed by atoms with Gasteiger partial charge < -0.3 is 4.74 Å². The Balaban J connectivity index is 3.74. The minimum atomic E-state index is -3.47. The molecule has 4 heteroatoms. The first kappa shape index (κ1) is 32.2. The lowest BCUT2D eigenvalue weighted by Crippen LogP contribution is -2.42. The number of hydrogen-bond acceptors (Lipinski definition) is 2. The number of rotatable bonds is 26. The van der Waals surface area contributed by atoms with Crippen molar-refractivity contribution in [2.24, 2.45) is 0 Å². The van der Waals surface area contributed by atoms with E-state index in [0.29, 0.717) is 6.42 Å². The zero-order valence-corrected chi connectivity index (χ0v) is 22.0. The second-order valence-corrected chi connectivity index (χ2v) is 9.69. The zero-order valence-electron chi connectivity index (χ0n) is 22.0. The Morgan fingerprint density at radius 2 is 1.06 bits per heavy atom. The molecule has 0 fully saturated rings. The van der Waals surface area contributed by atoms with Gasteiger partial charge in [0.1, 0.15) is 6.10 Å². The van der Waals surface area contributed by atoms with Crippen LogP contribution in [0.15, 0.2) is 12.7 Å². The normalized spacial score (nSPS) is 12.7. The SMILES string of the molecule is C=CC(OCCCCCCCC)C(F)(F)C(=O)CCCCCCCCCCCCCCCC. The van der Waals surface area contributed by atoms with E-state index in [-0.39, 0.29) is 13.0 Å². The molecular formula is C29H54F2O2. The summed E-state index contributed by atoms with van der Waals surface area (Å²) in [7, 11) is 0. The first-order valence-electron chi connectivity index (χ1n) is 14.2. The molecule has 0 spiro atoms. The van der Waals surface area contributed by atoms with Crippen LogP contribution in [-0.4, -0.2) is 24.4 Å². The molecule has 0 amide bonds. The summed E-state index contributed by atoms with van der Waals surface area (Å²) in [5.41, 5.74) is 0. The fraction of sp³-hybridized carbons (Fsp3) is 0.897. The summed E-state index contributed by atoms with van der Waals surface area (Å²) < 4.78 is 34.3. The smallest absolute Gasteiger partial charge is 0.334 e. The Morgan fingerprint density at radius 1 is 0.697 bits per heavy atom. The van der Waals surface area contributed by atoms with Crippen LogP contribution in [0.5, 0.6) is 0 Å². The van der Waals surface area contributed by atoms with Crippen LogP contribution < -0.4 is 0 Å². The lowest BCUT2D eigenvalue weighted by molar-refractivity contribution is -0.162. The highest BCUT2D eigenvalue weighted by molar-refractivity contribution is 5.86. The molecule has 0 saturated carbocycles. The molecule has 33 heavy (non-hydrogen) atoms. The maximum absolute atomic E-state index is 14.5. The van der Waals surface area contributed by atoms with E-state index in [0.717, 1.165) is 44.6 Å². The van der Waals surface area contributed by atoms with Gasteiger partial charge in [-0.25, -0.2) is 0 Å². The number of halogens is 2. The van der Waals surface area contributed by atoms with E-state index in [9.17, 15) is 13.6 Å². The van der Waals surface area contributed by atoms with Crippen molar-refractivity contribution in [1.82, 2.24) is 0 Å². The third-order valence-electron chi connectivity index (χ3n) is 6.50. The third-order valence-corrected chi connectivity index (χ3v) is 6.50. The van der Waals surface area contributed by atoms with Gasteiger partial charge in [0, 0.05) is 13.0 Å². The van der Waals surface area contributed by atoms with E-state index >= 15 is 0 Å². The Hall–Kier alpha value is -0.770. The van der Waals surface area contributed by atoms with Gasteiger partial charge in [-0.1, -0.05) is 135 Å². The summed E-state index contributed by atoms with van der Waals surface area (Å²) in [6, 6.07) is 0. The Kier molecular flexibility index (Phi) is 22.5. The van der Waals surface area contributed by atoms with E-state index in [4.69, 9.17) is 4.74 Å². The van der Waals surface area contributed by atoms with Crippen molar-refractivity contribution in [1.29, 1.82) is 0 Å². The largest absolute Gasteiger partial charge is 0.367 e. The molecule has 0 bridgehead atoms. The van der Waals surface area contributed by atoms with Gasteiger partial charge in [0.2, 0.25) is 5.78 Å². The molecular weight excluding hydrogens is 418 g/mol. The molecule has 0 aromatic rings. The van der Waals surface area contributed by atoms with Crippen LogP contribution in [0, 0.1) is 0 Å². The number of ketones is 1. The lowest BCUT2D eigenvalue weighted by Gasteiger charge is -2.23. The van der Waals surface area contributed by atoms with Crippen molar-refractivity contribution in [3.8, 4) is 0 Å². The minimum Gasteiger partial charge on any atom is -0.367 e. The molecule has 2 nitrogen and oxygen atoms in total. The molecule has 0 saturated heterocycles.